The molecule has 0 fully saturated rings. The molecule has 2 aromatic rings. The Hall–Kier alpha value is -2.68. The minimum Gasteiger partial charge on any atom is -0.494 e. The van der Waals surface area contributed by atoms with Crippen molar-refractivity contribution in [3.8, 4) is 5.75 Å². The predicted octanol–water partition coefficient (Wildman–Crippen LogP) is 3.16. The maximum absolute atomic E-state index is 13.7. The monoisotopic (exact) mass is 398 g/mol. The van der Waals surface area contributed by atoms with Crippen LogP contribution >= 0.6 is 0 Å². The third-order valence-corrected chi connectivity index (χ3v) is 4.92. The molecular formula is C18H20F2N2O4S. The number of amides is 1. The van der Waals surface area contributed by atoms with Gasteiger partial charge in [-0.3, -0.25) is 9.10 Å². The fraction of sp³-hybridized carbons (Fsp3) is 0.278. The predicted molar refractivity (Wildman–Crippen MR) is 99.4 cm³/mol. The SMILES string of the molecule is CCOc1ccc(N([C@@H](C)C(=O)Nc2ccc(F)cc2F)S(C)(=O)=O)cc1. The summed E-state index contributed by atoms with van der Waals surface area (Å²) >= 11 is 0. The lowest BCUT2D eigenvalue weighted by atomic mass is 10.2. The van der Waals surface area contributed by atoms with Gasteiger partial charge < -0.3 is 10.1 Å². The van der Waals surface area contributed by atoms with E-state index in [1.807, 2.05) is 6.92 Å². The highest BCUT2D eigenvalue weighted by Crippen LogP contribution is 2.25. The molecule has 0 heterocycles. The zero-order valence-electron chi connectivity index (χ0n) is 15.1. The summed E-state index contributed by atoms with van der Waals surface area (Å²) in [7, 11) is -3.82. The van der Waals surface area contributed by atoms with Gasteiger partial charge in [-0.15, -0.1) is 0 Å². The quantitative estimate of drug-likeness (QED) is 0.777. The average molecular weight is 398 g/mol. The van der Waals surface area contributed by atoms with Crippen molar-refractivity contribution in [3.05, 3.63) is 54.1 Å². The molecule has 27 heavy (non-hydrogen) atoms. The van der Waals surface area contributed by atoms with Gasteiger partial charge in [0.1, 0.15) is 23.4 Å². The first kappa shape index (κ1) is 20.6. The standard InChI is InChI=1S/C18H20F2N2O4S/c1-4-26-15-8-6-14(7-9-15)22(27(3,24)25)12(2)18(23)21-17-10-5-13(19)11-16(17)20/h5-12H,4H2,1-3H3,(H,21,23)/t12-/m0/s1. The summed E-state index contributed by atoms with van der Waals surface area (Å²) in [5.74, 6) is -1.95. The van der Waals surface area contributed by atoms with E-state index in [0.717, 1.165) is 22.7 Å². The molecule has 0 aliphatic carbocycles. The molecule has 0 saturated carbocycles. The number of hydrogen-bond acceptors (Lipinski definition) is 4. The first-order chi connectivity index (χ1) is 12.6. The van der Waals surface area contributed by atoms with Crippen LogP contribution in [0.5, 0.6) is 5.75 Å². The van der Waals surface area contributed by atoms with Crippen LogP contribution in [0.3, 0.4) is 0 Å². The molecule has 1 atom stereocenters. The molecule has 146 valence electrons. The Morgan fingerprint density at radius 3 is 2.33 bits per heavy atom. The molecule has 0 aliphatic rings. The van der Waals surface area contributed by atoms with Crippen LogP contribution in [0, 0.1) is 11.6 Å². The van der Waals surface area contributed by atoms with Gasteiger partial charge in [-0.1, -0.05) is 0 Å². The lowest BCUT2D eigenvalue weighted by Gasteiger charge is -2.28. The summed E-state index contributed by atoms with van der Waals surface area (Å²) in [6, 6.07) is 7.69. The lowest BCUT2D eigenvalue weighted by molar-refractivity contribution is -0.116. The van der Waals surface area contributed by atoms with E-state index in [0.29, 0.717) is 18.4 Å². The molecule has 9 heteroatoms. The summed E-state index contributed by atoms with van der Waals surface area (Å²) in [5, 5.41) is 2.28. The molecule has 1 N–H and O–H groups in total. The van der Waals surface area contributed by atoms with Crippen LogP contribution in [-0.4, -0.2) is 33.2 Å². The third kappa shape index (κ3) is 5.16. The van der Waals surface area contributed by atoms with E-state index >= 15 is 0 Å². The maximum atomic E-state index is 13.7. The topological polar surface area (TPSA) is 75.7 Å². The van der Waals surface area contributed by atoms with Gasteiger partial charge >= 0.3 is 0 Å². The van der Waals surface area contributed by atoms with Gasteiger partial charge in [-0.05, 0) is 50.2 Å². The van der Waals surface area contributed by atoms with Crippen LogP contribution in [0.1, 0.15) is 13.8 Å². The summed E-state index contributed by atoms with van der Waals surface area (Å²) in [6.45, 7) is 3.64. The molecule has 0 unspecified atom stereocenters. The van der Waals surface area contributed by atoms with Crippen LogP contribution < -0.4 is 14.4 Å². The number of anilines is 2. The molecule has 2 rings (SSSR count). The van der Waals surface area contributed by atoms with Crippen molar-refractivity contribution < 1.29 is 26.7 Å². The number of ether oxygens (including phenoxy) is 1. The number of halogens is 2. The fourth-order valence-electron chi connectivity index (χ4n) is 2.49. The average Bonchev–Trinajstić information content (AvgIpc) is 2.58. The molecule has 0 spiro atoms. The number of nitrogens with zero attached hydrogens (tertiary/aromatic N) is 1. The van der Waals surface area contributed by atoms with Crippen molar-refractivity contribution in [2.45, 2.75) is 19.9 Å². The van der Waals surface area contributed by atoms with Crippen molar-refractivity contribution in [3.63, 3.8) is 0 Å². The second-order valence-electron chi connectivity index (χ2n) is 5.78. The second kappa shape index (κ2) is 8.34. The van der Waals surface area contributed by atoms with Crippen LogP contribution in [0.25, 0.3) is 0 Å². The largest absolute Gasteiger partial charge is 0.494 e. The molecule has 0 saturated heterocycles. The van der Waals surface area contributed by atoms with E-state index in [9.17, 15) is 22.0 Å². The van der Waals surface area contributed by atoms with Crippen LogP contribution in [0.2, 0.25) is 0 Å². The van der Waals surface area contributed by atoms with E-state index in [1.54, 1.807) is 12.1 Å². The van der Waals surface area contributed by atoms with E-state index in [2.05, 4.69) is 5.32 Å². The van der Waals surface area contributed by atoms with E-state index < -0.39 is 33.6 Å². The third-order valence-electron chi connectivity index (χ3n) is 3.68. The first-order valence-corrected chi connectivity index (χ1v) is 9.96. The Bertz CT molecular complexity index is 917. The molecule has 0 bridgehead atoms. The summed E-state index contributed by atoms with van der Waals surface area (Å²) in [6.07, 6.45) is 0.964. The van der Waals surface area contributed by atoms with Crippen molar-refractivity contribution in [2.75, 3.05) is 22.5 Å². The molecule has 0 aliphatic heterocycles. The Balaban J connectivity index is 2.28. The van der Waals surface area contributed by atoms with Gasteiger partial charge in [0.15, 0.2) is 0 Å². The minimum atomic E-state index is -3.82. The lowest BCUT2D eigenvalue weighted by Crippen LogP contribution is -2.45. The molecule has 1 amide bonds. The highest BCUT2D eigenvalue weighted by molar-refractivity contribution is 7.92. The summed E-state index contributed by atoms with van der Waals surface area (Å²) in [5.41, 5.74) is 0.0107. The minimum absolute atomic E-state index is 0.242. The van der Waals surface area contributed by atoms with Gasteiger partial charge in [0.05, 0.1) is 24.2 Å². The number of hydrogen-bond donors (Lipinski definition) is 1. The highest BCUT2D eigenvalue weighted by Gasteiger charge is 2.29. The van der Waals surface area contributed by atoms with Gasteiger partial charge in [0.2, 0.25) is 15.9 Å². The van der Waals surface area contributed by atoms with Gasteiger partial charge in [0.25, 0.3) is 0 Å². The van der Waals surface area contributed by atoms with Gasteiger partial charge in [-0.25, -0.2) is 17.2 Å². The molecule has 0 aromatic heterocycles. The Kier molecular flexibility index (Phi) is 6.37. The van der Waals surface area contributed by atoms with Crippen molar-refractivity contribution in [1.82, 2.24) is 0 Å². The van der Waals surface area contributed by atoms with Crippen LogP contribution in [0.4, 0.5) is 20.2 Å². The number of carbonyl (C=O) groups excluding carboxylic acids is 1. The number of nitrogens with one attached hydrogen (secondary N) is 1. The maximum Gasteiger partial charge on any atom is 0.248 e. The van der Waals surface area contributed by atoms with E-state index in [1.165, 1.54) is 19.1 Å². The van der Waals surface area contributed by atoms with E-state index in [-0.39, 0.29) is 11.4 Å². The first-order valence-electron chi connectivity index (χ1n) is 8.11. The number of sulfonamides is 1. The van der Waals surface area contributed by atoms with Crippen LogP contribution in [-0.2, 0) is 14.8 Å². The number of benzene rings is 2. The Labute approximate surface area is 156 Å². The fourth-order valence-corrected chi connectivity index (χ4v) is 3.67. The Morgan fingerprint density at radius 1 is 1.19 bits per heavy atom. The van der Waals surface area contributed by atoms with Crippen molar-refractivity contribution in [1.29, 1.82) is 0 Å². The smallest absolute Gasteiger partial charge is 0.248 e. The molecular weight excluding hydrogens is 378 g/mol. The zero-order chi connectivity index (χ0) is 20.2. The zero-order valence-corrected chi connectivity index (χ0v) is 15.9. The highest BCUT2D eigenvalue weighted by atomic mass is 32.2. The molecule has 0 radical (unpaired) electrons. The van der Waals surface area contributed by atoms with Crippen molar-refractivity contribution >= 4 is 27.3 Å². The number of rotatable bonds is 7. The van der Waals surface area contributed by atoms with Gasteiger partial charge in [0, 0.05) is 6.07 Å². The summed E-state index contributed by atoms with van der Waals surface area (Å²) < 4.78 is 57.5. The van der Waals surface area contributed by atoms with Crippen molar-refractivity contribution in [2.24, 2.45) is 0 Å². The van der Waals surface area contributed by atoms with E-state index in [4.69, 9.17) is 4.74 Å². The van der Waals surface area contributed by atoms with Gasteiger partial charge in [-0.2, -0.15) is 0 Å². The molecule has 6 nitrogen and oxygen atoms in total. The number of carbonyl (C=O) groups is 1. The second-order valence-corrected chi connectivity index (χ2v) is 7.63. The summed E-state index contributed by atoms with van der Waals surface area (Å²) in [4.78, 5) is 12.5. The Morgan fingerprint density at radius 2 is 1.81 bits per heavy atom. The normalized spacial score (nSPS) is 12.3. The van der Waals surface area contributed by atoms with Crippen LogP contribution in [0.15, 0.2) is 42.5 Å². The molecule has 2 aromatic carbocycles.